The predicted octanol–water partition coefficient (Wildman–Crippen LogP) is 4.36. The Morgan fingerprint density at radius 2 is 1.97 bits per heavy atom. The molecule has 1 N–H and O–H groups in total. The summed E-state index contributed by atoms with van der Waals surface area (Å²) in [6.07, 6.45) is 0. The highest BCUT2D eigenvalue weighted by Gasteiger charge is 2.12. The number of aromatic nitrogens is 4. The summed E-state index contributed by atoms with van der Waals surface area (Å²) >= 11 is 7.38. The summed E-state index contributed by atoms with van der Waals surface area (Å²) in [4.78, 5) is 20.7. The maximum absolute atomic E-state index is 13.2. The van der Waals surface area contributed by atoms with Gasteiger partial charge in [-0.1, -0.05) is 23.4 Å². The average molecular weight is 431 g/mol. The van der Waals surface area contributed by atoms with Gasteiger partial charge in [0.05, 0.1) is 6.61 Å². The molecule has 0 unspecified atom stereocenters. The number of halogens is 2. The number of rotatable bonds is 6. The third kappa shape index (κ3) is 4.44. The fourth-order valence-corrected chi connectivity index (χ4v) is 3.76. The van der Waals surface area contributed by atoms with Crippen molar-refractivity contribution in [1.29, 1.82) is 0 Å². The normalized spacial score (nSPS) is 11.1. The van der Waals surface area contributed by atoms with Gasteiger partial charge in [0, 0.05) is 22.4 Å². The van der Waals surface area contributed by atoms with E-state index in [4.69, 9.17) is 16.3 Å². The van der Waals surface area contributed by atoms with Gasteiger partial charge < -0.3 is 4.74 Å². The van der Waals surface area contributed by atoms with Crippen LogP contribution in [0, 0.1) is 12.7 Å². The van der Waals surface area contributed by atoms with Crippen LogP contribution in [0.2, 0.25) is 5.02 Å². The van der Waals surface area contributed by atoms with Crippen LogP contribution in [0.15, 0.2) is 58.5 Å². The lowest BCUT2D eigenvalue weighted by Crippen LogP contribution is -2.07. The summed E-state index contributed by atoms with van der Waals surface area (Å²) in [5.41, 5.74) is 1.80. The van der Waals surface area contributed by atoms with Gasteiger partial charge >= 0.3 is 0 Å². The van der Waals surface area contributed by atoms with Gasteiger partial charge in [-0.05, 0) is 55.0 Å². The number of fused-ring (bicyclic) bond motifs is 1. The number of hydrogen-bond donors (Lipinski definition) is 1. The average Bonchev–Trinajstić information content (AvgIpc) is 3.07. The van der Waals surface area contributed by atoms with E-state index in [0.29, 0.717) is 39.6 Å². The van der Waals surface area contributed by atoms with Gasteiger partial charge in [0.15, 0.2) is 16.6 Å². The van der Waals surface area contributed by atoms with Crippen molar-refractivity contribution in [2.24, 2.45) is 0 Å². The molecule has 0 saturated heterocycles. The number of benzene rings is 2. The molecule has 0 aliphatic rings. The van der Waals surface area contributed by atoms with E-state index < -0.39 is 0 Å². The van der Waals surface area contributed by atoms with Gasteiger partial charge in [0.25, 0.3) is 5.56 Å². The Balaban J connectivity index is 1.54. The van der Waals surface area contributed by atoms with Crippen LogP contribution in [-0.2, 0) is 0 Å². The molecule has 2 aromatic carbocycles. The molecule has 0 amide bonds. The Morgan fingerprint density at radius 3 is 2.72 bits per heavy atom. The van der Waals surface area contributed by atoms with Crippen molar-refractivity contribution in [2.45, 2.75) is 12.1 Å². The molecule has 0 fully saturated rings. The number of aromatic amines is 1. The topological polar surface area (TPSA) is 72.3 Å². The fraction of sp³-hybridized carbons (Fsp3) is 0.150. The van der Waals surface area contributed by atoms with Crippen molar-refractivity contribution in [2.75, 3.05) is 12.4 Å². The van der Waals surface area contributed by atoms with E-state index in [1.165, 1.54) is 34.5 Å². The van der Waals surface area contributed by atoms with Crippen molar-refractivity contribution in [3.8, 4) is 17.1 Å². The lowest BCUT2D eigenvalue weighted by Gasteiger charge is -2.10. The molecule has 4 rings (SSSR count). The molecule has 0 aliphatic carbocycles. The number of nitrogens with one attached hydrogen (secondary N) is 1. The van der Waals surface area contributed by atoms with E-state index in [1.54, 1.807) is 18.2 Å². The Labute approximate surface area is 174 Å². The molecular weight excluding hydrogens is 415 g/mol. The molecule has 0 bridgehead atoms. The Bertz CT molecular complexity index is 1220. The fourth-order valence-electron chi connectivity index (χ4n) is 2.77. The van der Waals surface area contributed by atoms with Gasteiger partial charge in [-0.2, -0.15) is 0 Å². The summed E-state index contributed by atoms with van der Waals surface area (Å²) in [6, 6.07) is 12.8. The molecule has 148 valence electrons. The molecule has 6 nitrogen and oxygen atoms in total. The first-order valence-electron chi connectivity index (χ1n) is 8.77. The monoisotopic (exact) mass is 430 g/mol. The van der Waals surface area contributed by atoms with Gasteiger partial charge in [0.1, 0.15) is 11.6 Å². The molecule has 2 heterocycles. The predicted molar refractivity (Wildman–Crippen MR) is 111 cm³/mol. The van der Waals surface area contributed by atoms with E-state index >= 15 is 0 Å². The lowest BCUT2D eigenvalue weighted by molar-refractivity contribution is 0.341. The van der Waals surface area contributed by atoms with Gasteiger partial charge in [-0.15, -0.1) is 0 Å². The lowest BCUT2D eigenvalue weighted by atomic mass is 10.2. The van der Waals surface area contributed by atoms with E-state index in [0.717, 1.165) is 11.3 Å². The Kier molecular flexibility index (Phi) is 5.55. The largest absolute Gasteiger partial charge is 0.492 e. The van der Waals surface area contributed by atoms with Crippen molar-refractivity contribution in [3.05, 3.63) is 75.3 Å². The highest BCUT2D eigenvalue weighted by Crippen LogP contribution is 2.24. The standard InChI is InChI=1S/C20H16ClFN4O2S/c1-12-10-14(21)4-7-16(12)28-8-9-29-20-24-19(13-2-5-15(22)6-3-13)23-17-11-18(27)25-26(17)20/h2-7,10-11H,8-9H2,1H3,(H,25,27). The molecule has 9 heteroatoms. The minimum atomic E-state index is -0.336. The molecule has 0 spiro atoms. The van der Waals surface area contributed by atoms with Crippen molar-refractivity contribution >= 4 is 29.0 Å². The SMILES string of the molecule is Cc1cc(Cl)ccc1OCCSc1nc(-c2ccc(F)cc2)nc2cc(=O)[nH]n12. The van der Waals surface area contributed by atoms with Crippen LogP contribution in [-0.4, -0.2) is 31.9 Å². The summed E-state index contributed by atoms with van der Waals surface area (Å²) in [5.74, 6) is 1.44. The van der Waals surface area contributed by atoms with Gasteiger partial charge in [-0.3, -0.25) is 9.89 Å². The molecule has 0 saturated carbocycles. The van der Waals surface area contributed by atoms with Crippen molar-refractivity contribution in [1.82, 2.24) is 19.6 Å². The second-order valence-corrected chi connectivity index (χ2v) is 7.76. The maximum atomic E-state index is 13.2. The second-order valence-electron chi connectivity index (χ2n) is 6.26. The van der Waals surface area contributed by atoms with E-state index in [-0.39, 0.29) is 11.4 Å². The maximum Gasteiger partial charge on any atom is 0.266 e. The molecular formula is C20H16ClFN4O2S. The zero-order chi connectivity index (χ0) is 20.4. The van der Waals surface area contributed by atoms with Crippen LogP contribution in [0.5, 0.6) is 5.75 Å². The van der Waals surface area contributed by atoms with Crippen LogP contribution in [0.4, 0.5) is 4.39 Å². The zero-order valence-corrected chi connectivity index (χ0v) is 16.9. The molecule has 0 radical (unpaired) electrons. The van der Waals surface area contributed by atoms with Crippen LogP contribution >= 0.6 is 23.4 Å². The van der Waals surface area contributed by atoms with Crippen LogP contribution in [0.1, 0.15) is 5.56 Å². The van der Waals surface area contributed by atoms with E-state index in [9.17, 15) is 9.18 Å². The quantitative estimate of drug-likeness (QED) is 0.363. The second kappa shape index (κ2) is 8.26. The number of aryl methyl sites for hydroxylation is 1. The number of hydrogen-bond acceptors (Lipinski definition) is 5. The van der Waals surface area contributed by atoms with Crippen molar-refractivity contribution < 1.29 is 9.13 Å². The first-order valence-corrected chi connectivity index (χ1v) is 10.1. The third-order valence-electron chi connectivity index (χ3n) is 4.14. The molecule has 4 aromatic rings. The number of thioether (sulfide) groups is 1. The zero-order valence-electron chi connectivity index (χ0n) is 15.4. The molecule has 2 aromatic heterocycles. The van der Waals surface area contributed by atoms with Gasteiger partial charge in [0.2, 0.25) is 0 Å². The smallest absolute Gasteiger partial charge is 0.266 e. The Morgan fingerprint density at radius 1 is 1.17 bits per heavy atom. The molecule has 29 heavy (non-hydrogen) atoms. The highest BCUT2D eigenvalue weighted by atomic mass is 35.5. The van der Waals surface area contributed by atoms with E-state index in [2.05, 4.69) is 15.1 Å². The van der Waals surface area contributed by atoms with Gasteiger partial charge in [-0.25, -0.2) is 18.9 Å². The number of nitrogens with zero attached hydrogens (tertiary/aromatic N) is 3. The minimum absolute atomic E-state index is 0.273. The summed E-state index contributed by atoms with van der Waals surface area (Å²) in [5, 5.41) is 3.92. The van der Waals surface area contributed by atoms with Crippen LogP contribution in [0.3, 0.4) is 0 Å². The minimum Gasteiger partial charge on any atom is -0.492 e. The summed E-state index contributed by atoms with van der Waals surface area (Å²) < 4.78 is 20.6. The number of H-pyrrole nitrogens is 1. The van der Waals surface area contributed by atoms with Crippen molar-refractivity contribution in [3.63, 3.8) is 0 Å². The van der Waals surface area contributed by atoms with E-state index in [1.807, 2.05) is 19.1 Å². The highest BCUT2D eigenvalue weighted by molar-refractivity contribution is 7.99. The first kappa shape index (κ1) is 19.5. The number of ether oxygens (including phenoxy) is 1. The Hall–Kier alpha value is -2.84. The molecule has 0 aliphatic heterocycles. The summed E-state index contributed by atoms with van der Waals surface area (Å²) in [6.45, 7) is 2.37. The third-order valence-corrected chi connectivity index (χ3v) is 5.27. The summed E-state index contributed by atoms with van der Waals surface area (Å²) in [7, 11) is 0. The van der Waals surface area contributed by atoms with Crippen LogP contribution in [0.25, 0.3) is 17.0 Å². The molecule has 0 atom stereocenters. The van der Waals surface area contributed by atoms with Crippen LogP contribution < -0.4 is 10.3 Å². The first-order chi connectivity index (χ1) is 14.0.